The van der Waals surface area contributed by atoms with E-state index in [4.69, 9.17) is 0 Å². The summed E-state index contributed by atoms with van der Waals surface area (Å²) in [5.41, 5.74) is 5.45. The highest BCUT2D eigenvalue weighted by Gasteiger charge is 2.19. The molecule has 0 unspecified atom stereocenters. The summed E-state index contributed by atoms with van der Waals surface area (Å²) in [5.74, 6) is 0.257. The predicted octanol–water partition coefficient (Wildman–Crippen LogP) is 4.84. The number of rotatable bonds is 5. The molecule has 1 saturated heterocycles. The fraction of sp³-hybridized carbons (Fsp3) is 0.250. The Morgan fingerprint density at radius 3 is 2.63 bits per heavy atom. The average Bonchev–Trinajstić information content (AvgIpc) is 3.24. The second-order valence-electron chi connectivity index (χ2n) is 7.77. The zero-order valence-corrected chi connectivity index (χ0v) is 16.7. The van der Waals surface area contributed by atoms with Crippen molar-refractivity contribution >= 4 is 16.7 Å². The zero-order chi connectivity index (χ0) is 20.3. The number of anilines is 1. The van der Waals surface area contributed by atoms with Crippen LogP contribution in [0.4, 0.5) is 10.1 Å². The van der Waals surface area contributed by atoms with E-state index in [1.165, 1.54) is 11.8 Å². The fourth-order valence-electron chi connectivity index (χ4n) is 4.18. The first-order chi connectivity index (χ1) is 14.8. The monoisotopic (exact) mass is 401 g/mol. The van der Waals surface area contributed by atoms with Crippen molar-refractivity contribution in [1.82, 2.24) is 20.3 Å². The summed E-state index contributed by atoms with van der Waals surface area (Å²) in [4.78, 5) is 12.0. The summed E-state index contributed by atoms with van der Waals surface area (Å²) in [6.45, 7) is 2.71. The van der Waals surface area contributed by atoms with Gasteiger partial charge in [0, 0.05) is 53.4 Å². The van der Waals surface area contributed by atoms with Crippen molar-refractivity contribution in [3.63, 3.8) is 0 Å². The molecule has 0 radical (unpaired) electrons. The molecular formula is C24H24FN5. The summed E-state index contributed by atoms with van der Waals surface area (Å²) < 4.78 is 14.8. The molecule has 0 atom stereocenters. The SMILES string of the molecule is Fc1ccc(NCc2ccncc2)cc1-c1ccnc2[nH]c(C3CCNCC3)cc12. The Morgan fingerprint density at radius 1 is 0.967 bits per heavy atom. The van der Waals surface area contributed by atoms with Gasteiger partial charge in [-0.05, 0) is 79.5 Å². The first kappa shape index (κ1) is 18.8. The van der Waals surface area contributed by atoms with Gasteiger partial charge in [0.25, 0.3) is 0 Å². The molecule has 0 bridgehead atoms. The highest BCUT2D eigenvalue weighted by atomic mass is 19.1. The standard InChI is InChI=1S/C24H24FN5/c25-22-2-1-18(29-15-16-3-8-26-9-4-16)13-20(22)19-7-12-28-24-21(19)14-23(30-24)17-5-10-27-11-6-17/h1-4,7-9,12-14,17,27,29H,5-6,10-11,15H2,(H,28,30). The van der Waals surface area contributed by atoms with E-state index >= 15 is 0 Å². The van der Waals surface area contributed by atoms with Crippen molar-refractivity contribution in [3.8, 4) is 11.1 Å². The van der Waals surface area contributed by atoms with Gasteiger partial charge in [-0.1, -0.05) is 0 Å². The molecule has 4 heterocycles. The van der Waals surface area contributed by atoms with Crippen molar-refractivity contribution in [2.75, 3.05) is 18.4 Å². The highest BCUT2D eigenvalue weighted by molar-refractivity contribution is 5.94. The largest absolute Gasteiger partial charge is 0.381 e. The van der Waals surface area contributed by atoms with Gasteiger partial charge in [0.05, 0.1) is 0 Å². The summed E-state index contributed by atoms with van der Waals surface area (Å²) in [5, 5.41) is 7.75. The predicted molar refractivity (Wildman–Crippen MR) is 118 cm³/mol. The van der Waals surface area contributed by atoms with E-state index in [-0.39, 0.29) is 5.82 Å². The Bertz CT molecular complexity index is 1150. The third-order valence-electron chi connectivity index (χ3n) is 5.83. The third kappa shape index (κ3) is 3.78. The van der Waals surface area contributed by atoms with Crippen LogP contribution in [-0.2, 0) is 6.54 Å². The van der Waals surface area contributed by atoms with Crippen LogP contribution in [0.2, 0.25) is 0 Å². The molecule has 0 aliphatic carbocycles. The fourth-order valence-corrected chi connectivity index (χ4v) is 4.18. The molecule has 30 heavy (non-hydrogen) atoms. The van der Waals surface area contributed by atoms with Gasteiger partial charge in [-0.25, -0.2) is 9.37 Å². The lowest BCUT2D eigenvalue weighted by atomic mass is 9.94. The van der Waals surface area contributed by atoms with Gasteiger partial charge in [-0.3, -0.25) is 4.98 Å². The number of nitrogens with one attached hydrogen (secondary N) is 3. The van der Waals surface area contributed by atoms with Gasteiger partial charge in [0.1, 0.15) is 11.5 Å². The Hall–Kier alpha value is -3.25. The molecule has 1 aliphatic heterocycles. The van der Waals surface area contributed by atoms with Gasteiger partial charge in [0.15, 0.2) is 0 Å². The van der Waals surface area contributed by atoms with E-state index in [2.05, 4.69) is 31.7 Å². The molecule has 5 nitrogen and oxygen atoms in total. The van der Waals surface area contributed by atoms with Gasteiger partial charge in [-0.2, -0.15) is 0 Å². The molecule has 0 amide bonds. The van der Waals surface area contributed by atoms with Crippen LogP contribution < -0.4 is 10.6 Å². The molecule has 152 valence electrons. The van der Waals surface area contributed by atoms with Crippen LogP contribution in [0.5, 0.6) is 0 Å². The number of aromatic nitrogens is 3. The number of H-pyrrole nitrogens is 1. The van der Waals surface area contributed by atoms with E-state index in [0.29, 0.717) is 18.0 Å². The number of pyridine rings is 2. The quantitative estimate of drug-likeness (QED) is 0.448. The van der Waals surface area contributed by atoms with Crippen LogP contribution in [0.1, 0.15) is 30.0 Å². The maximum atomic E-state index is 14.8. The first-order valence-electron chi connectivity index (χ1n) is 10.4. The molecule has 1 aromatic carbocycles. The number of piperidine rings is 1. The maximum absolute atomic E-state index is 14.8. The smallest absolute Gasteiger partial charge is 0.138 e. The third-order valence-corrected chi connectivity index (χ3v) is 5.83. The van der Waals surface area contributed by atoms with Gasteiger partial charge < -0.3 is 15.6 Å². The summed E-state index contributed by atoms with van der Waals surface area (Å²) in [6, 6.07) is 13.2. The van der Waals surface area contributed by atoms with Crippen LogP contribution in [0, 0.1) is 5.82 Å². The average molecular weight is 401 g/mol. The second kappa shape index (κ2) is 8.24. The van der Waals surface area contributed by atoms with E-state index in [1.807, 2.05) is 24.3 Å². The lowest BCUT2D eigenvalue weighted by molar-refractivity contribution is 0.455. The number of benzene rings is 1. The number of fused-ring (bicyclic) bond motifs is 1. The lowest BCUT2D eigenvalue weighted by Crippen LogP contribution is -2.26. The Balaban J connectivity index is 1.47. The second-order valence-corrected chi connectivity index (χ2v) is 7.77. The van der Waals surface area contributed by atoms with Gasteiger partial charge in [-0.15, -0.1) is 0 Å². The van der Waals surface area contributed by atoms with Crippen molar-refractivity contribution < 1.29 is 4.39 Å². The molecule has 3 N–H and O–H groups in total. The van der Waals surface area contributed by atoms with Gasteiger partial charge >= 0.3 is 0 Å². The number of halogens is 1. The summed E-state index contributed by atoms with van der Waals surface area (Å²) in [7, 11) is 0. The summed E-state index contributed by atoms with van der Waals surface area (Å²) in [6.07, 6.45) is 7.49. The van der Waals surface area contributed by atoms with E-state index in [1.54, 1.807) is 24.7 Å². The molecule has 5 rings (SSSR count). The number of hydrogen-bond donors (Lipinski definition) is 3. The maximum Gasteiger partial charge on any atom is 0.138 e. The van der Waals surface area contributed by atoms with Crippen LogP contribution in [-0.4, -0.2) is 28.0 Å². The number of nitrogens with zero attached hydrogens (tertiary/aromatic N) is 2. The van der Waals surface area contributed by atoms with Crippen molar-refractivity contribution in [1.29, 1.82) is 0 Å². The Morgan fingerprint density at radius 2 is 1.80 bits per heavy atom. The van der Waals surface area contributed by atoms with Crippen molar-refractivity contribution in [2.24, 2.45) is 0 Å². The van der Waals surface area contributed by atoms with Crippen molar-refractivity contribution in [2.45, 2.75) is 25.3 Å². The number of hydrogen-bond acceptors (Lipinski definition) is 4. The molecule has 3 aromatic heterocycles. The lowest BCUT2D eigenvalue weighted by Gasteiger charge is -2.21. The topological polar surface area (TPSA) is 65.6 Å². The van der Waals surface area contributed by atoms with Crippen molar-refractivity contribution in [3.05, 3.63) is 78.1 Å². The van der Waals surface area contributed by atoms with Crippen LogP contribution in [0.25, 0.3) is 22.2 Å². The summed E-state index contributed by atoms with van der Waals surface area (Å²) >= 11 is 0. The minimum atomic E-state index is -0.235. The zero-order valence-electron chi connectivity index (χ0n) is 16.7. The van der Waals surface area contributed by atoms with E-state index in [9.17, 15) is 4.39 Å². The molecule has 4 aromatic rings. The van der Waals surface area contributed by atoms with E-state index in [0.717, 1.165) is 53.8 Å². The van der Waals surface area contributed by atoms with E-state index < -0.39 is 0 Å². The minimum Gasteiger partial charge on any atom is -0.381 e. The van der Waals surface area contributed by atoms with Crippen LogP contribution in [0.3, 0.4) is 0 Å². The molecule has 0 spiro atoms. The highest BCUT2D eigenvalue weighted by Crippen LogP contribution is 2.34. The van der Waals surface area contributed by atoms with Gasteiger partial charge in [0.2, 0.25) is 0 Å². The molecule has 6 heteroatoms. The molecule has 0 saturated carbocycles. The first-order valence-corrected chi connectivity index (χ1v) is 10.4. The Labute approximate surface area is 174 Å². The normalized spacial score (nSPS) is 14.8. The van der Waals surface area contributed by atoms with Crippen LogP contribution in [0.15, 0.2) is 61.1 Å². The minimum absolute atomic E-state index is 0.235. The Kier molecular flexibility index (Phi) is 5.15. The number of aromatic amines is 1. The molecule has 1 fully saturated rings. The molecule has 1 aliphatic rings. The molecular weight excluding hydrogens is 377 g/mol. The van der Waals surface area contributed by atoms with Crippen LogP contribution >= 0.6 is 0 Å².